The van der Waals surface area contributed by atoms with Crippen LogP contribution in [0.5, 0.6) is 0 Å². The van der Waals surface area contributed by atoms with E-state index in [1.807, 2.05) is 0 Å². The summed E-state index contributed by atoms with van der Waals surface area (Å²) in [6, 6.07) is -6.83. The van der Waals surface area contributed by atoms with Gasteiger partial charge in [0.15, 0.2) is 11.6 Å². The number of aliphatic hydroxyl groups is 1. The zero-order chi connectivity index (χ0) is 90.5. The number of hydrogen-bond acceptors (Lipinski definition) is 21. The summed E-state index contributed by atoms with van der Waals surface area (Å²) in [6.07, 6.45) is 11.0. The summed E-state index contributed by atoms with van der Waals surface area (Å²) >= 11 is 2.17. The molecule has 3 heterocycles. The summed E-state index contributed by atoms with van der Waals surface area (Å²) in [5, 5.41) is 61.1. The van der Waals surface area contributed by atoms with Gasteiger partial charge in [-0.25, -0.2) is 0 Å². The maximum Gasteiger partial charge on any atom is 0.305 e. The number of ketones is 2. The van der Waals surface area contributed by atoms with Crippen LogP contribution in [-0.2, 0) is 97.8 Å². The van der Waals surface area contributed by atoms with E-state index < -0.39 is 231 Å². The Morgan fingerprint density at radius 3 is 1.77 bits per heavy atom. The predicted octanol–water partition coefficient (Wildman–Crippen LogP) is 4.35. The van der Waals surface area contributed by atoms with Gasteiger partial charge in [-0.1, -0.05) is 149 Å². The molecule has 3 aliphatic heterocycles. The standard InChI is InChI=1S/C85H135N13O22S2/c1-8-9-10-11-12-13-14-15-16-17-18-19-20-21-22-31-70(103)88-39-38-71(104)91-60(42-52(2)3)67(100)44-55(32-35-69(86)102)78(113)93-62-50-121-48-57-27-23-24-28-58(57)49-122-51-63(83(118)96(7)66(43-53(4)5)85(120)98-41-26-30-65(98)77(87)112)94-80(115)59(34-37-74(108)109)90-72(105)47-89-82(117)76(54(6)99)95-79(114)56(33-36-73(106)107)45-68(101)64-29-25-40-97(64)84(119)61(46-75(110)111)92-81(62)116/h23-24,27-28,52-56,59-66,76,99H,8-22,25-26,29-51H2,1-7H3,(H2,86,102)(H2,87,112)(H,88,103)(H,89,117)(H,90,105)(H,91,104)(H,92,116)(H,93,113)(H,94,115)(H,95,114)(H,106,107)(H,108,109)(H,110,111)/t54-,55-,56-,59+,60+,61+,62+,63+,64?,65+,66+,76+/m1/s1. The van der Waals surface area contributed by atoms with E-state index in [0.29, 0.717) is 24.0 Å². The van der Waals surface area contributed by atoms with Crippen LogP contribution in [0.15, 0.2) is 24.3 Å². The summed E-state index contributed by atoms with van der Waals surface area (Å²) in [6.45, 7) is 9.46. The molecule has 3 aliphatic rings. The van der Waals surface area contributed by atoms with Crippen LogP contribution in [0.3, 0.4) is 0 Å². The highest BCUT2D eigenvalue weighted by molar-refractivity contribution is 7.99. The molecule has 0 bridgehead atoms. The molecular formula is C85H135N13O22S2. The highest BCUT2D eigenvalue weighted by Gasteiger charge is 2.44. The number of rotatable bonds is 45. The topological polar surface area (TPSA) is 546 Å². The minimum Gasteiger partial charge on any atom is -0.481 e. The first-order valence-electron chi connectivity index (χ1n) is 43.3. The number of primary amides is 2. The Morgan fingerprint density at radius 1 is 0.623 bits per heavy atom. The van der Waals surface area contributed by atoms with Crippen molar-refractivity contribution in [3.63, 3.8) is 0 Å². The number of unbranched alkanes of at least 4 members (excludes halogenated alkanes) is 14. The van der Waals surface area contributed by atoms with Gasteiger partial charge < -0.3 is 89.1 Å². The molecule has 2 saturated heterocycles. The molecule has 12 atom stereocenters. The second-order valence-corrected chi connectivity index (χ2v) is 35.2. The van der Waals surface area contributed by atoms with Crippen molar-refractivity contribution in [3.8, 4) is 0 Å². The Kier molecular flexibility index (Phi) is 48.7. The molecule has 1 aromatic rings. The number of nitrogens with one attached hydrogen (secondary N) is 8. The van der Waals surface area contributed by atoms with Gasteiger partial charge in [-0.2, -0.15) is 23.5 Å². The molecule has 35 nitrogen and oxygen atoms in total. The summed E-state index contributed by atoms with van der Waals surface area (Å²) in [5.74, 6) is -21.5. The quantitative estimate of drug-likeness (QED) is 0.0404. The smallest absolute Gasteiger partial charge is 0.305 e. The summed E-state index contributed by atoms with van der Waals surface area (Å²) in [7, 11) is 1.34. The van der Waals surface area contributed by atoms with Crippen molar-refractivity contribution in [2.24, 2.45) is 35.1 Å². The van der Waals surface area contributed by atoms with E-state index in [4.69, 9.17) is 11.5 Å². The van der Waals surface area contributed by atoms with Gasteiger partial charge in [0, 0.05) is 106 Å². The predicted molar refractivity (Wildman–Crippen MR) is 457 cm³/mol. The molecule has 1 unspecified atom stereocenters. The highest BCUT2D eigenvalue weighted by atomic mass is 32.2. The molecule has 0 radical (unpaired) electrons. The Bertz CT molecular complexity index is 3680. The van der Waals surface area contributed by atoms with Gasteiger partial charge in [0.1, 0.15) is 42.3 Å². The van der Waals surface area contributed by atoms with Crippen LogP contribution in [0, 0.1) is 23.7 Å². The fourth-order valence-corrected chi connectivity index (χ4v) is 17.3. The molecule has 2 fully saturated rings. The number of thioether (sulfide) groups is 2. The van der Waals surface area contributed by atoms with Crippen LogP contribution in [0.4, 0.5) is 0 Å². The number of benzene rings is 1. The second kappa shape index (κ2) is 56.5. The van der Waals surface area contributed by atoms with Crippen LogP contribution in [0.2, 0.25) is 0 Å². The normalized spacial score (nSPS) is 21.2. The monoisotopic (exact) mass is 1750 g/mol. The van der Waals surface area contributed by atoms with E-state index in [2.05, 4.69) is 49.5 Å². The van der Waals surface area contributed by atoms with E-state index in [-0.39, 0.29) is 112 Å². The zero-order valence-corrected chi connectivity index (χ0v) is 73.8. The number of carboxylic acid groups (broad SMARTS) is 3. The number of nitrogens with two attached hydrogens (primary N) is 2. The van der Waals surface area contributed by atoms with Crippen LogP contribution >= 0.6 is 23.5 Å². The molecule has 0 spiro atoms. The van der Waals surface area contributed by atoms with E-state index >= 15 is 9.59 Å². The molecule has 684 valence electrons. The Labute approximate surface area is 724 Å². The molecule has 0 aliphatic carbocycles. The fraction of sp³-hybridized carbons (Fsp3) is 0.718. The minimum absolute atomic E-state index is 0.0257. The lowest BCUT2D eigenvalue weighted by molar-refractivity contribution is -0.148. The lowest BCUT2D eigenvalue weighted by Gasteiger charge is -2.35. The van der Waals surface area contributed by atoms with Gasteiger partial charge in [0.2, 0.25) is 76.8 Å². The van der Waals surface area contributed by atoms with Gasteiger partial charge in [0.25, 0.3) is 0 Å². The average Bonchev–Trinajstić information content (AvgIpc) is 1.56. The first kappa shape index (κ1) is 105. The van der Waals surface area contributed by atoms with Gasteiger partial charge in [-0.05, 0) is 94.1 Å². The van der Waals surface area contributed by atoms with Gasteiger partial charge in [-0.3, -0.25) is 86.3 Å². The van der Waals surface area contributed by atoms with E-state index in [0.717, 1.165) is 65.9 Å². The molecule has 0 aromatic heterocycles. The van der Waals surface area contributed by atoms with Crippen LogP contribution in [-0.4, -0.2) is 247 Å². The van der Waals surface area contributed by atoms with Crippen molar-refractivity contribution in [3.05, 3.63) is 35.4 Å². The van der Waals surface area contributed by atoms with Crippen molar-refractivity contribution in [2.45, 2.75) is 319 Å². The van der Waals surface area contributed by atoms with E-state index in [1.165, 1.54) is 76.2 Å². The minimum atomic E-state index is -1.97. The SMILES string of the molecule is CCCCCCCCCCCCCCCCCC(=O)NCCC(=O)N[C@@H](CC(C)C)C(=O)C[C@@H](CCC(N)=O)C(=O)N[C@H]1CSCc2ccccc2CSC[C@@H](C(=O)N(C)[C@@H](CC(C)C)C(=O)N2CCC[C@H]2C(N)=O)NC(=O)[C@H](CCC(=O)O)NC(=O)CNC(=O)[C@H]([C@@H](C)O)NC(=O)[C@H](CCC(=O)O)CC(=O)C2CCCN2C(=O)[C@H](CC(=O)O)NC1=O. The maximum atomic E-state index is 15.2. The number of likely N-dealkylation sites (N-methyl/N-ethyl adjacent to an activating group) is 1. The lowest BCUT2D eigenvalue weighted by Crippen LogP contribution is -2.59. The number of carbonyl (C=O) groups is 18. The molecule has 0 saturated carbocycles. The summed E-state index contributed by atoms with van der Waals surface area (Å²) in [4.78, 5) is 252. The largest absolute Gasteiger partial charge is 0.481 e. The summed E-state index contributed by atoms with van der Waals surface area (Å²) in [5.41, 5.74) is 12.6. The number of fused-ring (bicyclic) bond motifs is 2. The van der Waals surface area contributed by atoms with Gasteiger partial charge in [-0.15, -0.1) is 0 Å². The molecule has 4 rings (SSSR count). The molecule has 16 N–H and O–H groups in total. The van der Waals surface area contributed by atoms with E-state index in [1.54, 1.807) is 52.0 Å². The number of hydrogen-bond donors (Lipinski definition) is 14. The number of aliphatic hydroxyl groups excluding tert-OH is 1. The Balaban J connectivity index is 1.75. The van der Waals surface area contributed by atoms with Crippen LogP contribution in [0.25, 0.3) is 0 Å². The number of nitrogens with zero attached hydrogens (tertiary/aromatic N) is 3. The molecule has 37 heteroatoms. The average molecular weight is 1760 g/mol. The van der Waals surface area contributed by atoms with Crippen molar-refractivity contribution in [2.75, 3.05) is 44.7 Å². The molecule has 122 heavy (non-hydrogen) atoms. The van der Waals surface area contributed by atoms with Crippen molar-refractivity contribution >= 4 is 130 Å². The molecule has 1 aromatic carbocycles. The third-order valence-electron chi connectivity index (χ3n) is 22.0. The maximum absolute atomic E-state index is 15.2. The number of likely N-dealkylation sites (tertiary alicyclic amines) is 1. The first-order chi connectivity index (χ1) is 57.9. The Morgan fingerprint density at radius 2 is 1.20 bits per heavy atom. The van der Waals surface area contributed by atoms with Gasteiger partial charge in [0.05, 0.1) is 31.2 Å². The Hall–Kier alpha value is -9.26. The lowest BCUT2D eigenvalue weighted by atomic mass is 9.90. The first-order valence-corrected chi connectivity index (χ1v) is 45.6. The number of carboxylic acids is 3. The third-order valence-corrected chi connectivity index (χ3v) is 24.2. The number of carbonyl (C=O) groups excluding carboxylic acids is 15. The van der Waals surface area contributed by atoms with E-state index in [9.17, 15) is 97.1 Å². The summed E-state index contributed by atoms with van der Waals surface area (Å²) < 4.78 is 0. The third kappa shape index (κ3) is 39.1. The van der Waals surface area contributed by atoms with Crippen LogP contribution < -0.4 is 54.0 Å². The molecular weight excluding hydrogens is 1620 g/mol. The number of Topliss-reactive ketones (excluding diaryl/α,β-unsaturated/α-hetero) is 2. The van der Waals surface area contributed by atoms with Crippen molar-refractivity contribution in [1.82, 2.24) is 57.2 Å². The number of amides is 13. The number of aliphatic carboxylic acids is 3. The van der Waals surface area contributed by atoms with Gasteiger partial charge >= 0.3 is 17.9 Å². The van der Waals surface area contributed by atoms with Crippen LogP contribution in [0.1, 0.15) is 258 Å². The van der Waals surface area contributed by atoms with Crippen molar-refractivity contribution in [1.29, 1.82) is 0 Å². The zero-order valence-electron chi connectivity index (χ0n) is 72.1. The molecule has 13 amide bonds. The second-order valence-electron chi connectivity index (χ2n) is 33.2. The fourth-order valence-electron chi connectivity index (χ4n) is 15.2. The van der Waals surface area contributed by atoms with Crippen molar-refractivity contribution < 1.29 is 107 Å². The highest BCUT2D eigenvalue weighted by Crippen LogP contribution is 2.29.